The van der Waals surface area contributed by atoms with E-state index in [1.54, 1.807) is 0 Å². The van der Waals surface area contributed by atoms with Crippen LogP contribution in [0, 0.1) is 0 Å². The van der Waals surface area contributed by atoms with Crippen molar-refractivity contribution in [3.8, 4) is 0 Å². The molecule has 1 aromatic heterocycles. The summed E-state index contributed by atoms with van der Waals surface area (Å²) in [6.45, 7) is 5.74. The van der Waals surface area contributed by atoms with Crippen molar-refractivity contribution in [3.05, 3.63) is 64.8 Å². The lowest BCUT2D eigenvalue weighted by Gasteiger charge is -2.18. The van der Waals surface area contributed by atoms with Gasteiger partial charge in [0, 0.05) is 16.6 Å². The molecule has 28 heavy (non-hydrogen) atoms. The van der Waals surface area contributed by atoms with Crippen molar-refractivity contribution in [2.75, 3.05) is 5.32 Å². The van der Waals surface area contributed by atoms with Gasteiger partial charge in [-0.3, -0.25) is 4.79 Å². The fourth-order valence-electron chi connectivity index (χ4n) is 3.02. The molecule has 0 saturated carbocycles. The van der Waals surface area contributed by atoms with E-state index >= 15 is 0 Å². The number of hydrogen-bond acceptors (Lipinski definition) is 3. The number of esters is 1. The maximum absolute atomic E-state index is 12.6. The van der Waals surface area contributed by atoms with Crippen LogP contribution < -0.4 is 5.32 Å². The van der Waals surface area contributed by atoms with Crippen LogP contribution in [0.1, 0.15) is 49.2 Å². The first-order chi connectivity index (χ1) is 13.4. The van der Waals surface area contributed by atoms with Crippen molar-refractivity contribution >= 4 is 40.1 Å². The summed E-state index contributed by atoms with van der Waals surface area (Å²) in [6, 6.07) is 15.0. The van der Waals surface area contributed by atoms with E-state index in [4.69, 9.17) is 16.3 Å². The minimum Gasteiger partial charge on any atom is -0.448 e. The average Bonchev–Trinajstić information content (AvgIpc) is 3.04. The minimum atomic E-state index is -0.972. The van der Waals surface area contributed by atoms with E-state index in [2.05, 4.69) is 24.1 Å². The molecule has 3 aromatic rings. The van der Waals surface area contributed by atoms with Gasteiger partial charge in [0.2, 0.25) is 0 Å². The molecule has 5 nitrogen and oxygen atoms in total. The summed E-state index contributed by atoms with van der Waals surface area (Å²) in [6.07, 6.45) is -0.0176. The van der Waals surface area contributed by atoms with E-state index in [-0.39, 0.29) is 10.7 Å². The molecule has 1 amide bonds. The largest absolute Gasteiger partial charge is 0.448 e. The van der Waals surface area contributed by atoms with Crippen molar-refractivity contribution in [2.45, 2.75) is 39.2 Å². The molecule has 0 aliphatic carbocycles. The lowest BCUT2D eigenvalue weighted by molar-refractivity contribution is -0.123. The monoisotopic (exact) mass is 398 g/mol. The van der Waals surface area contributed by atoms with Crippen LogP contribution in [0.3, 0.4) is 0 Å². The van der Waals surface area contributed by atoms with E-state index in [1.807, 2.05) is 48.5 Å². The number of ether oxygens (including phenoxy) is 1. The molecule has 2 atom stereocenters. The third kappa shape index (κ3) is 4.04. The van der Waals surface area contributed by atoms with E-state index in [9.17, 15) is 9.59 Å². The van der Waals surface area contributed by atoms with Gasteiger partial charge in [-0.25, -0.2) is 4.79 Å². The van der Waals surface area contributed by atoms with E-state index in [1.165, 1.54) is 6.92 Å². The fraction of sp³-hybridized carbons (Fsp3) is 0.273. The molecular weight excluding hydrogens is 376 g/mol. The van der Waals surface area contributed by atoms with Gasteiger partial charge in [0.1, 0.15) is 5.69 Å². The lowest BCUT2D eigenvalue weighted by Crippen LogP contribution is -2.30. The number of carbonyl (C=O) groups excluding carboxylic acids is 2. The smallest absolute Gasteiger partial charge is 0.357 e. The van der Waals surface area contributed by atoms with Gasteiger partial charge in [0.05, 0.1) is 5.02 Å². The van der Waals surface area contributed by atoms with Crippen molar-refractivity contribution in [2.24, 2.45) is 0 Å². The molecule has 2 N–H and O–H groups in total. The van der Waals surface area contributed by atoms with Crippen molar-refractivity contribution in [3.63, 3.8) is 0 Å². The van der Waals surface area contributed by atoms with Crippen molar-refractivity contribution in [1.82, 2.24) is 4.98 Å². The molecule has 6 heteroatoms. The number of rotatable bonds is 6. The molecule has 0 radical (unpaired) electrons. The zero-order valence-corrected chi connectivity index (χ0v) is 16.8. The summed E-state index contributed by atoms with van der Waals surface area (Å²) in [5, 5.41) is 3.88. The Morgan fingerprint density at radius 2 is 1.79 bits per heavy atom. The molecule has 2 aromatic carbocycles. The summed E-state index contributed by atoms with van der Waals surface area (Å²) < 4.78 is 5.34. The van der Waals surface area contributed by atoms with Crippen LogP contribution in [0.5, 0.6) is 0 Å². The second-order valence-corrected chi connectivity index (χ2v) is 7.17. The molecule has 0 spiro atoms. The van der Waals surface area contributed by atoms with E-state index in [0.29, 0.717) is 5.92 Å². The SMILES string of the molecule is CCC(C)c1ccccc1NC(=O)C(C)OC(=O)c1[nH]c2ccccc2c1Cl. The zero-order valence-electron chi connectivity index (χ0n) is 16.1. The van der Waals surface area contributed by atoms with Gasteiger partial charge in [-0.1, -0.05) is 61.8 Å². The maximum Gasteiger partial charge on any atom is 0.357 e. The van der Waals surface area contributed by atoms with Crippen LogP contribution in [0.15, 0.2) is 48.5 Å². The molecule has 3 rings (SSSR count). The Morgan fingerprint density at radius 1 is 1.11 bits per heavy atom. The number of carbonyl (C=O) groups is 2. The number of aromatic nitrogens is 1. The number of halogens is 1. The molecular formula is C22H23ClN2O3. The number of aromatic amines is 1. The normalized spacial score (nSPS) is 13.1. The predicted octanol–water partition coefficient (Wildman–Crippen LogP) is 5.52. The van der Waals surface area contributed by atoms with Gasteiger partial charge in [0.15, 0.2) is 6.10 Å². The van der Waals surface area contributed by atoms with Gasteiger partial charge < -0.3 is 15.0 Å². The fourth-order valence-corrected chi connectivity index (χ4v) is 3.31. The first-order valence-corrected chi connectivity index (χ1v) is 9.67. The highest BCUT2D eigenvalue weighted by molar-refractivity contribution is 6.38. The standard InChI is InChI=1S/C22H23ClN2O3/c1-4-13(2)15-9-5-7-11-17(15)25-21(26)14(3)28-22(27)20-19(23)16-10-6-8-12-18(16)24-20/h5-14,24H,4H2,1-3H3,(H,25,26). The van der Waals surface area contributed by atoms with Crippen LogP contribution in [0.2, 0.25) is 5.02 Å². The van der Waals surface area contributed by atoms with E-state index < -0.39 is 18.0 Å². The Hall–Kier alpha value is -2.79. The number of H-pyrrole nitrogens is 1. The lowest BCUT2D eigenvalue weighted by atomic mass is 9.97. The van der Waals surface area contributed by atoms with Crippen LogP contribution in [0.4, 0.5) is 5.69 Å². The molecule has 0 aliphatic heterocycles. The summed E-state index contributed by atoms with van der Waals surface area (Å²) in [5.74, 6) is -0.755. The van der Waals surface area contributed by atoms with Crippen LogP contribution in [-0.2, 0) is 9.53 Å². The molecule has 0 bridgehead atoms. The van der Waals surface area contributed by atoms with Gasteiger partial charge in [-0.15, -0.1) is 0 Å². The van der Waals surface area contributed by atoms with Crippen LogP contribution in [-0.4, -0.2) is 23.0 Å². The Balaban J connectivity index is 1.72. The molecule has 0 saturated heterocycles. The molecule has 0 fully saturated rings. The average molecular weight is 399 g/mol. The summed E-state index contributed by atoms with van der Waals surface area (Å²) in [5.41, 5.74) is 2.66. The zero-order chi connectivity index (χ0) is 20.3. The number of hydrogen-bond donors (Lipinski definition) is 2. The number of benzene rings is 2. The minimum absolute atomic E-state index is 0.141. The first kappa shape index (κ1) is 20.0. The van der Waals surface area contributed by atoms with Gasteiger partial charge in [-0.2, -0.15) is 0 Å². The number of fused-ring (bicyclic) bond motifs is 1. The quantitative estimate of drug-likeness (QED) is 0.537. The molecule has 0 aliphatic rings. The highest BCUT2D eigenvalue weighted by Gasteiger charge is 2.24. The molecule has 146 valence electrons. The summed E-state index contributed by atoms with van der Waals surface area (Å²) in [7, 11) is 0. The number of amides is 1. The highest BCUT2D eigenvalue weighted by atomic mass is 35.5. The van der Waals surface area contributed by atoms with Crippen LogP contribution >= 0.6 is 11.6 Å². The van der Waals surface area contributed by atoms with Crippen LogP contribution in [0.25, 0.3) is 10.9 Å². The Labute approximate surface area is 169 Å². The third-order valence-corrected chi connectivity index (χ3v) is 5.25. The highest BCUT2D eigenvalue weighted by Crippen LogP contribution is 2.29. The number of nitrogens with one attached hydrogen (secondary N) is 2. The van der Waals surface area contributed by atoms with Gasteiger partial charge in [-0.05, 0) is 37.0 Å². The summed E-state index contributed by atoms with van der Waals surface area (Å²) >= 11 is 6.28. The second-order valence-electron chi connectivity index (χ2n) is 6.79. The van der Waals surface area contributed by atoms with Gasteiger partial charge in [0.25, 0.3) is 5.91 Å². The Bertz CT molecular complexity index is 1010. The summed E-state index contributed by atoms with van der Waals surface area (Å²) in [4.78, 5) is 28.0. The second kappa shape index (κ2) is 8.48. The molecule has 1 heterocycles. The topological polar surface area (TPSA) is 71.2 Å². The van der Waals surface area contributed by atoms with Crippen molar-refractivity contribution < 1.29 is 14.3 Å². The van der Waals surface area contributed by atoms with Crippen molar-refractivity contribution in [1.29, 1.82) is 0 Å². The predicted molar refractivity (Wildman–Crippen MR) is 112 cm³/mol. The molecule has 2 unspecified atom stereocenters. The van der Waals surface area contributed by atoms with Gasteiger partial charge >= 0.3 is 5.97 Å². The Kier molecular flexibility index (Phi) is 6.05. The Morgan fingerprint density at radius 3 is 2.50 bits per heavy atom. The number of para-hydroxylation sites is 2. The maximum atomic E-state index is 12.6. The van der Waals surface area contributed by atoms with E-state index in [0.717, 1.165) is 28.6 Å². The first-order valence-electron chi connectivity index (χ1n) is 9.29. The third-order valence-electron chi connectivity index (χ3n) is 4.86. The number of anilines is 1.